The van der Waals surface area contributed by atoms with Crippen molar-refractivity contribution in [3.63, 3.8) is 0 Å². The van der Waals surface area contributed by atoms with Crippen LogP contribution in [0.1, 0.15) is 51.8 Å². The van der Waals surface area contributed by atoms with Gasteiger partial charge in [0.1, 0.15) is 12.2 Å². The van der Waals surface area contributed by atoms with E-state index in [0.717, 1.165) is 21.5 Å². The Labute approximate surface area is 264 Å². The van der Waals surface area contributed by atoms with Gasteiger partial charge in [0.2, 0.25) is 10.0 Å². The molecule has 0 spiro atoms. The van der Waals surface area contributed by atoms with Gasteiger partial charge in [0.15, 0.2) is 6.23 Å². The minimum Gasteiger partial charge on any atom is -0.397 e. The van der Waals surface area contributed by atoms with Crippen LogP contribution in [-0.2, 0) is 19.2 Å². The van der Waals surface area contributed by atoms with E-state index >= 15 is 0 Å². The lowest BCUT2D eigenvalue weighted by Gasteiger charge is -2.46. The fourth-order valence-electron chi connectivity index (χ4n) is 6.38. The molecule has 5 rings (SSSR count). The molecule has 7 heteroatoms. The van der Waals surface area contributed by atoms with E-state index in [0.29, 0.717) is 0 Å². The maximum Gasteiger partial charge on any atom is 0.262 e. The summed E-state index contributed by atoms with van der Waals surface area (Å²) in [6.07, 6.45) is 1.82. The van der Waals surface area contributed by atoms with Crippen molar-refractivity contribution in [3.05, 3.63) is 139 Å². The Kier molecular flexibility index (Phi) is 9.44. The predicted octanol–water partition coefficient (Wildman–Crippen LogP) is 6.99. The van der Waals surface area contributed by atoms with Gasteiger partial charge in [-0.3, -0.25) is 0 Å². The first-order valence-corrected chi connectivity index (χ1v) is 18.6. The van der Waals surface area contributed by atoms with Crippen molar-refractivity contribution in [2.75, 3.05) is 0 Å². The van der Waals surface area contributed by atoms with E-state index < -0.39 is 42.8 Å². The number of hydrogen-bond acceptors (Lipinski definition) is 4. The number of rotatable bonds is 9. The summed E-state index contributed by atoms with van der Waals surface area (Å²) in [4.78, 5) is 0.238. The number of hydrogen-bond donors (Lipinski definition) is 0. The molecule has 0 aliphatic carbocycles. The molecule has 1 fully saturated rings. The summed E-state index contributed by atoms with van der Waals surface area (Å²) < 4.78 is 45.0. The lowest BCUT2D eigenvalue weighted by molar-refractivity contribution is -0.0377. The van der Waals surface area contributed by atoms with Gasteiger partial charge in [-0.15, -0.1) is 0 Å². The van der Waals surface area contributed by atoms with Crippen molar-refractivity contribution in [1.82, 2.24) is 4.31 Å². The lowest BCUT2D eigenvalue weighted by Crippen LogP contribution is -2.69. The number of aryl methyl sites for hydroxylation is 1. The van der Waals surface area contributed by atoms with E-state index in [1.54, 1.807) is 12.1 Å². The summed E-state index contributed by atoms with van der Waals surface area (Å²) in [7, 11) is -7.04. The van der Waals surface area contributed by atoms with E-state index in [1.165, 1.54) is 4.31 Å². The van der Waals surface area contributed by atoms with Gasteiger partial charge >= 0.3 is 0 Å². The Bertz CT molecular complexity index is 1610. The molecule has 4 aromatic carbocycles. The van der Waals surface area contributed by atoms with Gasteiger partial charge in [0.05, 0.1) is 10.9 Å². The fraction of sp³-hybridized carbons (Fsp3) is 0.297. The second-order valence-corrected chi connectivity index (χ2v) is 18.6. The molecule has 5 nitrogen and oxygen atoms in total. The molecule has 0 aromatic heterocycles. The van der Waals surface area contributed by atoms with Crippen molar-refractivity contribution in [1.29, 1.82) is 0 Å². The first kappa shape index (κ1) is 32.1. The molecule has 0 amide bonds. The van der Waals surface area contributed by atoms with Gasteiger partial charge < -0.3 is 9.16 Å². The van der Waals surface area contributed by atoms with E-state index in [-0.39, 0.29) is 9.93 Å². The highest BCUT2D eigenvalue weighted by molar-refractivity contribution is 7.89. The quantitative estimate of drug-likeness (QED) is 0.149. The summed E-state index contributed by atoms with van der Waals surface area (Å²) in [5, 5.41) is 1.93. The highest BCUT2D eigenvalue weighted by atomic mass is 32.2. The van der Waals surface area contributed by atoms with Crippen molar-refractivity contribution in [2.45, 2.75) is 76.0 Å². The third kappa shape index (κ3) is 5.99. The van der Waals surface area contributed by atoms with Crippen LogP contribution in [0, 0.1) is 6.92 Å². The maximum atomic E-state index is 14.5. The molecule has 1 saturated heterocycles. The van der Waals surface area contributed by atoms with Gasteiger partial charge in [-0.25, -0.2) is 8.42 Å². The molecule has 0 bridgehead atoms. The van der Waals surface area contributed by atoms with Crippen LogP contribution in [0.15, 0.2) is 132 Å². The van der Waals surface area contributed by atoms with Crippen LogP contribution >= 0.6 is 0 Å². The number of ether oxygens (including phenoxy) is 1. The monoisotopic (exact) mass is 625 g/mol. The third-order valence-electron chi connectivity index (χ3n) is 8.49. The van der Waals surface area contributed by atoms with Crippen LogP contribution in [0.25, 0.3) is 0 Å². The highest BCUT2D eigenvalue weighted by Crippen LogP contribution is 2.43. The first-order chi connectivity index (χ1) is 21.0. The van der Waals surface area contributed by atoms with Gasteiger partial charge in [0.25, 0.3) is 8.32 Å². The van der Waals surface area contributed by atoms with Crippen molar-refractivity contribution in [2.24, 2.45) is 0 Å². The fourth-order valence-corrected chi connectivity index (χ4v) is 12.7. The summed E-state index contributed by atoms with van der Waals surface area (Å²) in [5.74, 6) is 0. The van der Waals surface area contributed by atoms with Crippen LogP contribution in [-0.4, -0.2) is 39.4 Å². The summed E-state index contributed by atoms with van der Waals surface area (Å²) in [6.45, 7) is 12.5. The number of sulfonamides is 1. The molecule has 0 unspecified atom stereocenters. The van der Waals surface area contributed by atoms with Gasteiger partial charge in [-0.05, 0) is 53.9 Å². The molecule has 0 saturated carbocycles. The second kappa shape index (κ2) is 13.0. The normalized spacial score (nSPS) is 20.6. The van der Waals surface area contributed by atoms with E-state index in [2.05, 4.69) is 45.0 Å². The third-order valence-corrected chi connectivity index (χ3v) is 15.5. The number of benzene rings is 4. The second-order valence-electron chi connectivity index (χ2n) is 12.5. The molecule has 1 aliphatic rings. The van der Waals surface area contributed by atoms with E-state index in [4.69, 9.17) is 9.16 Å². The molecule has 4 aromatic rings. The molecule has 1 heterocycles. The largest absolute Gasteiger partial charge is 0.397 e. The minimum absolute atomic E-state index is 0.238. The Morgan fingerprint density at radius 1 is 0.818 bits per heavy atom. The zero-order chi connectivity index (χ0) is 31.5. The zero-order valence-corrected chi connectivity index (χ0v) is 28.2. The molecule has 1 aliphatic heterocycles. The Morgan fingerprint density at radius 2 is 1.32 bits per heavy atom. The van der Waals surface area contributed by atoms with Gasteiger partial charge in [0, 0.05) is 0 Å². The molecular weight excluding hydrogens is 583 g/mol. The van der Waals surface area contributed by atoms with Crippen LogP contribution < -0.4 is 10.4 Å². The molecule has 4 atom stereocenters. The molecule has 44 heavy (non-hydrogen) atoms. The van der Waals surface area contributed by atoms with E-state index in [1.807, 2.05) is 112 Å². The Balaban J connectivity index is 1.70. The SMILES string of the molecule is C/C=C/[C@@H](O[Si](c1ccccc1)(c1ccccc1)C(C)(C)C)[C@H]1O[C@H](c2ccccc2)[C@H](C)N1S(=O)(=O)c1ccc(C)cc1. The summed E-state index contributed by atoms with van der Waals surface area (Å²) in [6, 6.07) is 37.2. The Hall–Kier alpha value is -3.33. The minimum atomic E-state index is -3.97. The zero-order valence-electron chi connectivity index (χ0n) is 26.4. The van der Waals surface area contributed by atoms with Crippen molar-refractivity contribution < 1.29 is 17.6 Å². The molecule has 0 N–H and O–H groups in total. The first-order valence-electron chi connectivity index (χ1n) is 15.2. The van der Waals surface area contributed by atoms with Gasteiger partial charge in [-0.1, -0.05) is 142 Å². The van der Waals surface area contributed by atoms with E-state index in [9.17, 15) is 8.42 Å². The number of allylic oxidation sites excluding steroid dienone is 1. The van der Waals surface area contributed by atoms with Crippen LogP contribution in [0.5, 0.6) is 0 Å². The number of nitrogens with zero attached hydrogens (tertiary/aromatic N) is 1. The highest BCUT2D eigenvalue weighted by Gasteiger charge is 2.56. The van der Waals surface area contributed by atoms with Crippen LogP contribution in [0.3, 0.4) is 0 Å². The van der Waals surface area contributed by atoms with Crippen LogP contribution in [0.4, 0.5) is 0 Å². The summed E-state index contributed by atoms with van der Waals surface area (Å²) in [5.41, 5.74) is 1.92. The smallest absolute Gasteiger partial charge is 0.262 e. The van der Waals surface area contributed by atoms with Crippen molar-refractivity contribution in [3.8, 4) is 0 Å². The van der Waals surface area contributed by atoms with Gasteiger partial charge in [-0.2, -0.15) is 4.31 Å². The van der Waals surface area contributed by atoms with Crippen LogP contribution in [0.2, 0.25) is 5.04 Å². The average Bonchev–Trinajstić information content (AvgIpc) is 3.38. The average molecular weight is 626 g/mol. The summed E-state index contributed by atoms with van der Waals surface area (Å²) >= 11 is 0. The molecule has 230 valence electrons. The molecule has 0 radical (unpaired) electrons. The van der Waals surface area contributed by atoms with Crippen molar-refractivity contribution >= 4 is 28.7 Å². The topological polar surface area (TPSA) is 55.8 Å². The molecular formula is C37H43NO4SSi. The lowest BCUT2D eigenvalue weighted by atomic mass is 10.0. The standard InChI is InChI=1S/C37H43NO4SSi/c1-7-17-34(42-44(37(4,5)6,32-20-13-9-14-21-32)33-22-15-10-16-23-33)36-38(43(39,40)31-26-24-28(2)25-27-31)29(3)35(41-36)30-18-11-8-12-19-30/h7-27,29,34-36H,1-6H3/b17-7+/t29-,34+,35-,36+/m0/s1. The predicted molar refractivity (Wildman–Crippen MR) is 181 cm³/mol. The maximum absolute atomic E-state index is 14.5. The Morgan fingerprint density at radius 3 is 1.80 bits per heavy atom.